The Morgan fingerprint density at radius 3 is 2.21 bits per heavy atom. The van der Waals surface area contributed by atoms with E-state index in [0.717, 1.165) is 12.1 Å². The van der Waals surface area contributed by atoms with Crippen LogP contribution in [0.1, 0.15) is 37.9 Å². The molecule has 1 aliphatic rings. The molecule has 1 aliphatic heterocycles. The number of alkyl halides is 3. The molecule has 2 aromatic rings. The molecular formula is C20H18F3NO4. The summed E-state index contributed by atoms with van der Waals surface area (Å²) in [4.78, 5) is 25.8. The summed E-state index contributed by atoms with van der Waals surface area (Å²) >= 11 is 0. The Kier molecular flexibility index (Phi) is 5.69. The fourth-order valence-electron chi connectivity index (χ4n) is 2.97. The topological polar surface area (TPSA) is 55.8 Å². The van der Waals surface area contributed by atoms with Crippen molar-refractivity contribution < 1.29 is 32.2 Å². The zero-order valence-electron chi connectivity index (χ0n) is 15.0. The van der Waals surface area contributed by atoms with Gasteiger partial charge in [0.2, 0.25) is 0 Å². The molecule has 8 heteroatoms. The minimum Gasteiger partial charge on any atom is -0.465 e. The van der Waals surface area contributed by atoms with Crippen molar-refractivity contribution in [2.24, 2.45) is 0 Å². The van der Waals surface area contributed by atoms with Crippen molar-refractivity contribution >= 4 is 11.9 Å². The Labute approximate surface area is 159 Å². The van der Waals surface area contributed by atoms with E-state index in [0.29, 0.717) is 23.2 Å². The summed E-state index contributed by atoms with van der Waals surface area (Å²) < 4.78 is 48.4. The van der Waals surface area contributed by atoms with Crippen molar-refractivity contribution in [2.45, 2.75) is 12.3 Å². The molecule has 0 N–H and O–H groups in total. The van der Waals surface area contributed by atoms with E-state index < -0.39 is 23.8 Å². The van der Waals surface area contributed by atoms with Gasteiger partial charge in [-0.05, 0) is 42.0 Å². The number of methoxy groups -OCH3 is 1. The molecule has 1 fully saturated rings. The van der Waals surface area contributed by atoms with Crippen LogP contribution in [0.5, 0.6) is 0 Å². The smallest absolute Gasteiger partial charge is 0.416 e. The van der Waals surface area contributed by atoms with Gasteiger partial charge in [-0.1, -0.05) is 12.1 Å². The van der Waals surface area contributed by atoms with E-state index in [1.807, 2.05) is 0 Å². The summed E-state index contributed by atoms with van der Waals surface area (Å²) in [6.07, 6.45) is -4.90. The van der Waals surface area contributed by atoms with Crippen LogP contribution in [0, 0.1) is 0 Å². The monoisotopic (exact) mass is 393 g/mol. The van der Waals surface area contributed by atoms with Crippen LogP contribution in [-0.4, -0.2) is 43.6 Å². The average molecular weight is 393 g/mol. The Morgan fingerprint density at radius 2 is 1.64 bits per heavy atom. The lowest BCUT2D eigenvalue weighted by Crippen LogP contribution is -2.42. The van der Waals surface area contributed by atoms with Crippen LogP contribution in [0.4, 0.5) is 13.2 Å². The summed E-state index contributed by atoms with van der Waals surface area (Å²) in [6, 6.07) is 10.8. The number of carbonyl (C=O) groups is 2. The second kappa shape index (κ2) is 8.02. The van der Waals surface area contributed by atoms with Gasteiger partial charge < -0.3 is 14.4 Å². The first-order valence-corrected chi connectivity index (χ1v) is 8.56. The van der Waals surface area contributed by atoms with Gasteiger partial charge in [-0.3, -0.25) is 4.79 Å². The number of amides is 1. The lowest BCUT2D eigenvalue weighted by atomic mass is 10.0. The highest BCUT2D eigenvalue weighted by molar-refractivity contribution is 5.96. The number of ether oxygens (including phenoxy) is 2. The molecule has 2 aromatic carbocycles. The number of morpholine rings is 1. The first-order valence-electron chi connectivity index (χ1n) is 8.56. The molecule has 1 saturated heterocycles. The van der Waals surface area contributed by atoms with Crippen LogP contribution in [-0.2, 0) is 15.7 Å². The standard InChI is InChI=1S/C20H18F3NO4/c1-27-19(26)15-4-2-14(3-5-15)18(25)24-10-11-28-17(12-24)13-6-8-16(9-7-13)20(21,22)23/h2-9,17H,10-12H2,1H3. The van der Waals surface area contributed by atoms with E-state index in [9.17, 15) is 22.8 Å². The van der Waals surface area contributed by atoms with E-state index in [1.54, 1.807) is 4.90 Å². The molecule has 1 atom stereocenters. The van der Waals surface area contributed by atoms with Crippen molar-refractivity contribution in [3.05, 3.63) is 70.8 Å². The van der Waals surface area contributed by atoms with E-state index >= 15 is 0 Å². The number of benzene rings is 2. The molecule has 1 unspecified atom stereocenters. The van der Waals surface area contributed by atoms with Gasteiger partial charge in [-0.15, -0.1) is 0 Å². The van der Waals surface area contributed by atoms with Gasteiger partial charge in [0.05, 0.1) is 31.4 Å². The molecule has 0 radical (unpaired) electrons. The molecule has 1 amide bonds. The van der Waals surface area contributed by atoms with Gasteiger partial charge in [0.1, 0.15) is 6.10 Å². The second-order valence-electron chi connectivity index (χ2n) is 6.30. The van der Waals surface area contributed by atoms with Gasteiger partial charge in [0.25, 0.3) is 5.91 Å². The fraction of sp³-hybridized carbons (Fsp3) is 0.300. The van der Waals surface area contributed by atoms with Gasteiger partial charge in [0, 0.05) is 12.1 Å². The van der Waals surface area contributed by atoms with Crippen molar-refractivity contribution in [1.29, 1.82) is 0 Å². The zero-order chi connectivity index (χ0) is 20.3. The number of carbonyl (C=O) groups excluding carboxylic acids is 2. The van der Waals surface area contributed by atoms with Crippen LogP contribution in [0.3, 0.4) is 0 Å². The quantitative estimate of drug-likeness (QED) is 0.746. The Bertz CT molecular complexity index is 847. The Morgan fingerprint density at radius 1 is 1.04 bits per heavy atom. The highest BCUT2D eigenvalue weighted by Crippen LogP contribution is 2.31. The molecule has 5 nitrogen and oxygen atoms in total. The molecular weight excluding hydrogens is 375 g/mol. The maximum atomic E-state index is 12.7. The average Bonchev–Trinajstić information content (AvgIpc) is 2.72. The van der Waals surface area contributed by atoms with Gasteiger partial charge >= 0.3 is 12.1 Å². The largest absolute Gasteiger partial charge is 0.465 e. The number of nitrogens with zero attached hydrogens (tertiary/aromatic N) is 1. The molecule has 0 aromatic heterocycles. The normalized spacial score (nSPS) is 17.3. The molecule has 1 heterocycles. The van der Waals surface area contributed by atoms with Gasteiger partial charge in [-0.2, -0.15) is 13.2 Å². The fourth-order valence-corrected chi connectivity index (χ4v) is 2.97. The predicted molar refractivity (Wildman–Crippen MR) is 93.8 cm³/mol. The first-order chi connectivity index (χ1) is 13.3. The lowest BCUT2D eigenvalue weighted by molar-refractivity contribution is -0.137. The molecule has 0 aliphatic carbocycles. The molecule has 3 rings (SSSR count). The third kappa shape index (κ3) is 4.33. The number of esters is 1. The van der Waals surface area contributed by atoms with E-state index in [2.05, 4.69) is 4.74 Å². The van der Waals surface area contributed by atoms with Crippen LogP contribution in [0.25, 0.3) is 0 Å². The van der Waals surface area contributed by atoms with E-state index in [-0.39, 0.29) is 19.1 Å². The highest BCUT2D eigenvalue weighted by atomic mass is 19.4. The van der Waals surface area contributed by atoms with Crippen LogP contribution < -0.4 is 0 Å². The Hall–Kier alpha value is -2.87. The maximum absolute atomic E-state index is 12.7. The summed E-state index contributed by atoms with van der Waals surface area (Å²) in [7, 11) is 1.27. The molecule has 148 valence electrons. The van der Waals surface area contributed by atoms with Crippen molar-refractivity contribution in [2.75, 3.05) is 26.8 Å². The molecule has 0 saturated carbocycles. The van der Waals surface area contributed by atoms with Crippen LogP contribution in [0.2, 0.25) is 0 Å². The van der Waals surface area contributed by atoms with Crippen LogP contribution >= 0.6 is 0 Å². The summed E-state index contributed by atoms with van der Waals surface area (Å²) in [5.74, 6) is -0.732. The number of hydrogen-bond acceptors (Lipinski definition) is 4. The second-order valence-corrected chi connectivity index (χ2v) is 6.30. The zero-order valence-corrected chi connectivity index (χ0v) is 15.0. The third-order valence-electron chi connectivity index (χ3n) is 4.52. The van der Waals surface area contributed by atoms with Crippen molar-refractivity contribution in [3.63, 3.8) is 0 Å². The van der Waals surface area contributed by atoms with Crippen molar-refractivity contribution in [1.82, 2.24) is 4.90 Å². The Balaban J connectivity index is 1.70. The van der Waals surface area contributed by atoms with E-state index in [1.165, 1.54) is 43.5 Å². The van der Waals surface area contributed by atoms with Crippen LogP contribution in [0.15, 0.2) is 48.5 Å². The van der Waals surface area contributed by atoms with Gasteiger partial charge in [-0.25, -0.2) is 4.79 Å². The third-order valence-corrected chi connectivity index (χ3v) is 4.52. The predicted octanol–water partition coefficient (Wildman–Crippen LogP) is 3.71. The minimum atomic E-state index is -4.40. The molecule has 0 spiro atoms. The molecule has 0 bridgehead atoms. The van der Waals surface area contributed by atoms with Crippen molar-refractivity contribution in [3.8, 4) is 0 Å². The summed E-state index contributed by atoms with van der Waals surface area (Å²) in [5.41, 5.74) is 0.585. The summed E-state index contributed by atoms with van der Waals surface area (Å²) in [5, 5.41) is 0. The number of hydrogen-bond donors (Lipinski definition) is 0. The van der Waals surface area contributed by atoms with Gasteiger partial charge in [0.15, 0.2) is 0 Å². The number of rotatable bonds is 3. The highest BCUT2D eigenvalue weighted by Gasteiger charge is 2.31. The lowest BCUT2D eigenvalue weighted by Gasteiger charge is -2.33. The molecule has 28 heavy (non-hydrogen) atoms. The minimum absolute atomic E-state index is 0.225. The van der Waals surface area contributed by atoms with E-state index in [4.69, 9.17) is 4.74 Å². The number of halogens is 3. The first kappa shape index (κ1) is 19.9. The maximum Gasteiger partial charge on any atom is 0.416 e. The SMILES string of the molecule is COC(=O)c1ccc(C(=O)N2CCOC(c3ccc(C(F)(F)F)cc3)C2)cc1. The summed E-state index contributed by atoms with van der Waals surface area (Å²) in [6.45, 7) is 0.870.